The van der Waals surface area contributed by atoms with Crippen LogP contribution in [0.5, 0.6) is 11.5 Å². The zero-order chi connectivity index (χ0) is 21.4. The number of benzene rings is 3. The van der Waals surface area contributed by atoms with Crippen LogP contribution in [-0.4, -0.2) is 28.3 Å². The molecule has 3 aromatic rings. The highest BCUT2D eigenvalue weighted by molar-refractivity contribution is 8.13. The number of carbonyl (C=O) groups excluding carboxylic acids is 1. The highest BCUT2D eigenvalue weighted by Crippen LogP contribution is 2.45. The van der Waals surface area contributed by atoms with Gasteiger partial charge in [-0.2, -0.15) is 0 Å². The lowest BCUT2D eigenvalue weighted by Crippen LogP contribution is -2.42. The Labute approximate surface area is 190 Å². The van der Waals surface area contributed by atoms with E-state index in [1.165, 1.54) is 0 Å². The van der Waals surface area contributed by atoms with Crippen molar-refractivity contribution >= 4 is 40.1 Å². The van der Waals surface area contributed by atoms with Gasteiger partial charge in [0.15, 0.2) is 5.17 Å². The van der Waals surface area contributed by atoms with Gasteiger partial charge in [-0.3, -0.25) is 9.69 Å². The number of para-hydroxylation sites is 2. The summed E-state index contributed by atoms with van der Waals surface area (Å²) in [6.07, 6.45) is 0.927. The quantitative estimate of drug-likeness (QED) is 0.447. The summed E-state index contributed by atoms with van der Waals surface area (Å²) < 4.78 is 6.07. The number of carbonyl (C=O) groups is 1. The number of halogens is 1. The van der Waals surface area contributed by atoms with Gasteiger partial charge in [-0.05, 0) is 43.2 Å². The summed E-state index contributed by atoms with van der Waals surface area (Å²) in [4.78, 5) is 20.6. The number of amides is 1. The standard InChI is InChI=1S/C25H21ClN2O2S/c1-16-11-12-17(15-20(16)26)27-25-28(13-6-14-31-25)24(29)23-18-7-2-4-9-21(18)30-22-10-5-3-8-19(22)23/h2-5,7-12,15,23H,6,13-14H2,1H3. The number of hydrogen-bond acceptors (Lipinski definition) is 4. The summed E-state index contributed by atoms with van der Waals surface area (Å²) in [5.41, 5.74) is 3.54. The molecule has 2 aliphatic rings. The van der Waals surface area contributed by atoms with Crippen molar-refractivity contribution in [3.63, 3.8) is 0 Å². The predicted octanol–water partition coefficient (Wildman–Crippen LogP) is 6.54. The number of ether oxygens (including phenoxy) is 1. The van der Waals surface area contributed by atoms with E-state index in [2.05, 4.69) is 0 Å². The number of amidine groups is 1. The van der Waals surface area contributed by atoms with E-state index in [0.29, 0.717) is 11.6 Å². The first-order valence-corrected chi connectivity index (χ1v) is 11.6. The molecule has 1 fully saturated rings. The Morgan fingerprint density at radius 3 is 2.42 bits per heavy atom. The van der Waals surface area contributed by atoms with Crippen molar-refractivity contribution in [1.29, 1.82) is 0 Å². The highest BCUT2D eigenvalue weighted by Gasteiger charge is 2.37. The molecule has 0 N–H and O–H groups in total. The molecular formula is C25H21ClN2O2S. The Morgan fingerprint density at radius 1 is 1.06 bits per heavy atom. The molecule has 0 unspecified atom stereocenters. The van der Waals surface area contributed by atoms with Crippen LogP contribution in [0.2, 0.25) is 5.02 Å². The molecule has 0 radical (unpaired) electrons. The van der Waals surface area contributed by atoms with Crippen LogP contribution in [0.3, 0.4) is 0 Å². The van der Waals surface area contributed by atoms with Crippen LogP contribution in [0.4, 0.5) is 5.69 Å². The summed E-state index contributed by atoms with van der Waals surface area (Å²) in [6.45, 7) is 2.61. The van der Waals surface area contributed by atoms with Crippen LogP contribution in [0.25, 0.3) is 0 Å². The fourth-order valence-corrected chi connectivity index (χ4v) is 5.09. The number of thioether (sulfide) groups is 1. The van der Waals surface area contributed by atoms with Crippen LogP contribution in [0.15, 0.2) is 71.7 Å². The second-order valence-electron chi connectivity index (χ2n) is 7.63. The van der Waals surface area contributed by atoms with Crippen LogP contribution >= 0.6 is 23.4 Å². The fraction of sp³-hybridized carbons (Fsp3) is 0.200. The fourth-order valence-electron chi connectivity index (χ4n) is 3.95. The molecule has 31 heavy (non-hydrogen) atoms. The third-order valence-electron chi connectivity index (χ3n) is 5.56. The molecule has 1 saturated heterocycles. The van der Waals surface area contributed by atoms with Crippen molar-refractivity contribution in [2.45, 2.75) is 19.3 Å². The van der Waals surface area contributed by atoms with Crippen molar-refractivity contribution in [2.24, 2.45) is 4.99 Å². The largest absolute Gasteiger partial charge is 0.457 e. The summed E-state index contributed by atoms with van der Waals surface area (Å²) in [5.74, 6) is 1.99. The van der Waals surface area contributed by atoms with Crippen LogP contribution < -0.4 is 4.74 Å². The molecule has 156 valence electrons. The minimum absolute atomic E-state index is 0.0207. The van der Waals surface area contributed by atoms with Crippen molar-refractivity contribution < 1.29 is 9.53 Å². The van der Waals surface area contributed by atoms with E-state index in [0.717, 1.165) is 51.2 Å². The van der Waals surface area contributed by atoms with Crippen LogP contribution in [0, 0.1) is 6.92 Å². The minimum Gasteiger partial charge on any atom is -0.457 e. The number of nitrogens with zero attached hydrogens (tertiary/aromatic N) is 2. The minimum atomic E-state index is -0.424. The maximum atomic E-state index is 14.0. The highest BCUT2D eigenvalue weighted by atomic mass is 35.5. The molecule has 6 heteroatoms. The lowest BCUT2D eigenvalue weighted by Gasteiger charge is -2.34. The molecule has 0 spiro atoms. The molecule has 3 aromatic carbocycles. The molecule has 0 atom stereocenters. The molecule has 0 saturated carbocycles. The van der Waals surface area contributed by atoms with Crippen molar-refractivity contribution in [3.8, 4) is 11.5 Å². The molecule has 1 amide bonds. The Kier molecular flexibility index (Phi) is 5.47. The maximum Gasteiger partial charge on any atom is 0.240 e. The van der Waals surface area contributed by atoms with Gasteiger partial charge in [0.25, 0.3) is 0 Å². The number of rotatable bonds is 2. The zero-order valence-corrected chi connectivity index (χ0v) is 18.6. The second-order valence-corrected chi connectivity index (χ2v) is 9.10. The monoisotopic (exact) mass is 448 g/mol. The number of hydrogen-bond donors (Lipinski definition) is 0. The predicted molar refractivity (Wildman–Crippen MR) is 127 cm³/mol. The molecular weight excluding hydrogens is 428 g/mol. The first-order chi connectivity index (χ1) is 15.1. The topological polar surface area (TPSA) is 41.9 Å². The smallest absolute Gasteiger partial charge is 0.240 e. The summed E-state index contributed by atoms with van der Waals surface area (Å²) >= 11 is 7.91. The van der Waals surface area contributed by atoms with E-state index in [9.17, 15) is 4.79 Å². The first kappa shape index (κ1) is 20.2. The second kappa shape index (κ2) is 8.40. The van der Waals surface area contributed by atoms with E-state index >= 15 is 0 Å². The van der Waals surface area contributed by atoms with E-state index in [1.54, 1.807) is 11.8 Å². The number of aliphatic imine (C=N–C) groups is 1. The van der Waals surface area contributed by atoms with Gasteiger partial charge in [-0.1, -0.05) is 65.8 Å². The van der Waals surface area contributed by atoms with Gasteiger partial charge < -0.3 is 4.74 Å². The summed E-state index contributed by atoms with van der Waals surface area (Å²) in [5, 5.41) is 1.39. The van der Waals surface area contributed by atoms with Crippen molar-refractivity contribution in [1.82, 2.24) is 4.90 Å². The first-order valence-electron chi connectivity index (χ1n) is 10.3. The van der Waals surface area contributed by atoms with E-state index in [-0.39, 0.29) is 5.91 Å². The summed E-state index contributed by atoms with van der Waals surface area (Å²) in [7, 11) is 0. The third-order valence-corrected chi connectivity index (χ3v) is 7.03. The molecule has 4 nitrogen and oxygen atoms in total. The zero-order valence-electron chi connectivity index (χ0n) is 17.0. The van der Waals surface area contributed by atoms with E-state index in [4.69, 9.17) is 21.3 Å². The van der Waals surface area contributed by atoms with Crippen molar-refractivity contribution in [3.05, 3.63) is 88.4 Å². The van der Waals surface area contributed by atoms with Crippen LogP contribution in [0.1, 0.15) is 29.0 Å². The van der Waals surface area contributed by atoms with Gasteiger partial charge in [-0.25, -0.2) is 4.99 Å². The van der Waals surface area contributed by atoms with Gasteiger partial charge in [0.05, 0.1) is 11.6 Å². The average molecular weight is 449 g/mol. The van der Waals surface area contributed by atoms with Gasteiger partial charge >= 0.3 is 0 Å². The lowest BCUT2D eigenvalue weighted by molar-refractivity contribution is -0.128. The van der Waals surface area contributed by atoms with Gasteiger partial charge in [0, 0.05) is 28.4 Å². The molecule has 2 aliphatic heterocycles. The summed E-state index contributed by atoms with van der Waals surface area (Å²) in [6, 6.07) is 21.3. The Balaban J connectivity index is 1.55. The maximum absolute atomic E-state index is 14.0. The molecule has 2 heterocycles. The Hall–Kier alpha value is -2.76. The van der Waals surface area contributed by atoms with Gasteiger partial charge in [0.2, 0.25) is 5.91 Å². The molecule has 0 aromatic heterocycles. The average Bonchev–Trinajstić information content (AvgIpc) is 2.80. The van der Waals surface area contributed by atoms with E-state index < -0.39 is 5.92 Å². The SMILES string of the molecule is Cc1ccc(N=C2SCCCN2C(=O)C2c3ccccc3Oc3ccccc32)cc1Cl. The third kappa shape index (κ3) is 3.84. The lowest BCUT2D eigenvalue weighted by atomic mass is 9.87. The van der Waals surface area contributed by atoms with E-state index in [1.807, 2.05) is 78.6 Å². The Morgan fingerprint density at radius 2 is 1.74 bits per heavy atom. The number of aryl methyl sites for hydroxylation is 1. The normalized spacial score (nSPS) is 17.1. The van der Waals surface area contributed by atoms with Crippen molar-refractivity contribution in [2.75, 3.05) is 12.3 Å². The number of fused-ring (bicyclic) bond motifs is 2. The Bertz CT molecular complexity index is 1150. The molecule has 0 aliphatic carbocycles. The molecule has 5 rings (SSSR count). The van der Waals surface area contributed by atoms with Gasteiger partial charge in [0.1, 0.15) is 11.5 Å². The van der Waals surface area contributed by atoms with Crippen LogP contribution in [-0.2, 0) is 4.79 Å². The molecule has 0 bridgehead atoms. The van der Waals surface area contributed by atoms with Gasteiger partial charge in [-0.15, -0.1) is 0 Å².